The summed E-state index contributed by atoms with van der Waals surface area (Å²) in [5.41, 5.74) is 1.08. The maximum absolute atomic E-state index is 7.45. The molecule has 0 unspecified atom stereocenters. The van der Waals surface area contributed by atoms with E-state index in [2.05, 4.69) is 4.57 Å². The molecule has 0 bridgehead atoms. The molecule has 1 heterocycles. The number of benzene rings is 1. The molecule has 3 nitrogen and oxygen atoms in total. The zero-order valence-electron chi connectivity index (χ0n) is 13.5. The highest BCUT2D eigenvalue weighted by Crippen LogP contribution is 2.22. The van der Waals surface area contributed by atoms with E-state index in [4.69, 9.17) is 8.85 Å². The van der Waals surface area contributed by atoms with E-state index in [1.54, 1.807) is 14.2 Å². The largest absolute Gasteiger partial charge is 0.497 e. The second-order valence-corrected chi connectivity index (χ2v) is 4.35. The summed E-state index contributed by atoms with van der Waals surface area (Å²) in [5, 5.41) is 1.09. The first kappa shape index (κ1) is 8.59. The standard InChI is InChI=1S/C14H20N2O/c1-11(15(2)3)10-16-8-7-12-9-13(17-4)5-6-14(12)16/h5-9,11H,10H2,1-4H3/t11-/m1/s1/i2D3. The van der Waals surface area contributed by atoms with Gasteiger partial charge in [0, 0.05) is 33.8 Å². The van der Waals surface area contributed by atoms with Gasteiger partial charge in [0.05, 0.1) is 7.11 Å². The van der Waals surface area contributed by atoms with Gasteiger partial charge in [-0.3, -0.25) is 0 Å². The fourth-order valence-electron chi connectivity index (χ4n) is 1.87. The van der Waals surface area contributed by atoms with Crippen LogP contribution in [0.4, 0.5) is 0 Å². The lowest BCUT2D eigenvalue weighted by Gasteiger charge is -2.20. The average Bonchev–Trinajstić information content (AvgIpc) is 2.79. The third-order valence-corrected chi connectivity index (χ3v) is 3.10. The van der Waals surface area contributed by atoms with Crippen molar-refractivity contribution in [2.45, 2.75) is 19.5 Å². The van der Waals surface area contributed by atoms with Crippen LogP contribution >= 0.6 is 0 Å². The van der Waals surface area contributed by atoms with Crippen LogP contribution in [0.1, 0.15) is 11.0 Å². The fourth-order valence-corrected chi connectivity index (χ4v) is 1.87. The monoisotopic (exact) mass is 235 g/mol. The lowest BCUT2D eigenvalue weighted by atomic mass is 10.2. The molecule has 1 aromatic carbocycles. The number of ether oxygens (including phenoxy) is 1. The Morgan fingerprint density at radius 2 is 2.29 bits per heavy atom. The van der Waals surface area contributed by atoms with Gasteiger partial charge in [-0.25, -0.2) is 0 Å². The van der Waals surface area contributed by atoms with E-state index >= 15 is 0 Å². The van der Waals surface area contributed by atoms with Crippen LogP contribution in [0.25, 0.3) is 10.9 Å². The average molecular weight is 235 g/mol. The molecule has 0 aliphatic rings. The molecule has 2 rings (SSSR count). The van der Waals surface area contributed by atoms with Crippen LogP contribution in [0.3, 0.4) is 0 Å². The van der Waals surface area contributed by atoms with Crippen LogP contribution in [0, 0.1) is 0 Å². The molecular formula is C14H20N2O. The maximum Gasteiger partial charge on any atom is 0.119 e. The summed E-state index contributed by atoms with van der Waals surface area (Å²) in [6, 6.07) is 7.82. The number of hydrogen-bond acceptors (Lipinski definition) is 2. The van der Waals surface area contributed by atoms with Gasteiger partial charge in [0.2, 0.25) is 0 Å². The maximum atomic E-state index is 7.45. The zero-order chi connectivity index (χ0) is 14.9. The van der Waals surface area contributed by atoms with Crippen molar-refractivity contribution in [3.05, 3.63) is 30.5 Å². The summed E-state index contributed by atoms with van der Waals surface area (Å²) in [4.78, 5) is 1.42. The Balaban J connectivity index is 2.22. The molecule has 3 heteroatoms. The van der Waals surface area contributed by atoms with E-state index in [0.717, 1.165) is 16.7 Å². The first-order valence-corrected chi connectivity index (χ1v) is 5.69. The quantitative estimate of drug-likeness (QED) is 0.810. The number of likely N-dealkylation sites (N-methyl/N-ethyl adjacent to an activating group) is 1. The normalized spacial score (nSPS) is 16.6. The summed E-state index contributed by atoms with van der Waals surface area (Å²) < 4.78 is 29.6. The number of nitrogens with zero attached hydrogens (tertiary/aromatic N) is 2. The van der Waals surface area contributed by atoms with Gasteiger partial charge < -0.3 is 14.2 Å². The van der Waals surface area contributed by atoms with E-state index in [9.17, 15) is 0 Å². The number of hydrogen-bond donors (Lipinski definition) is 0. The summed E-state index contributed by atoms with van der Waals surface area (Å²) in [6.45, 7) is 0.484. The molecule has 0 saturated carbocycles. The highest BCUT2D eigenvalue weighted by atomic mass is 16.5. The third-order valence-electron chi connectivity index (χ3n) is 3.10. The number of methoxy groups -OCH3 is 1. The molecule has 17 heavy (non-hydrogen) atoms. The Morgan fingerprint density at radius 3 is 3.00 bits per heavy atom. The third kappa shape index (κ3) is 2.44. The molecule has 0 amide bonds. The topological polar surface area (TPSA) is 17.4 Å². The van der Waals surface area contributed by atoms with Crippen LogP contribution in [0.5, 0.6) is 5.75 Å². The molecule has 0 spiro atoms. The molecule has 0 N–H and O–H groups in total. The van der Waals surface area contributed by atoms with Crippen molar-refractivity contribution in [3.63, 3.8) is 0 Å². The first-order valence-electron chi connectivity index (χ1n) is 7.19. The second kappa shape index (κ2) is 4.80. The van der Waals surface area contributed by atoms with Crippen molar-refractivity contribution in [1.29, 1.82) is 0 Å². The van der Waals surface area contributed by atoms with Crippen molar-refractivity contribution in [2.75, 3.05) is 21.1 Å². The summed E-state index contributed by atoms with van der Waals surface area (Å²) in [7, 11) is 3.28. The number of fused-ring (bicyclic) bond motifs is 1. The molecule has 0 radical (unpaired) electrons. The zero-order valence-corrected chi connectivity index (χ0v) is 10.5. The minimum absolute atomic E-state index is 0.0831. The van der Waals surface area contributed by atoms with Crippen molar-refractivity contribution in [1.82, 2.24) is 9.47 Å². The molecule has 92 valence electrons. The lowest BCUT2D eigenvalue weighted by molar-refractivity contribution is 0.286. The predicted molar refractivity (Wildman–Crippen MR) is 71.6 cm³/mol. The minimum atomic E-state index is -2.06. The smallest absolute Gasteiger partial charge is 0.119 e. The number of rotatable bonds is 4. The van der Waals surface area contributed by atoms with E-state index in [1.165, 1.54) is 4.90 Å². The van der Waals surface area contributed by atoms with E-state index in [1.807, 2.05) is 37.4 Å². The van der Waals surface area contributed by atoms with Gasteiger partial charge in [-0.2, -0.15) is 0 Å². The Morgan fingerprint density at radius 1 is 1.47 bits per heavy atom. The predicted octanol–water partition coefficient (Wildman–Crippen LogP) is 2.60. The first-order chi connectivity index (χ1) is 9.32. The van der Waals surface area contributed by atoms with Gasteiger partial charge in [-0.15, -0.1) is 0 Å². The van der Waals surface area contributed by atoms with Gasteiger partial charge in [0.1, 0.15) is 5.75 Å². The minimum Gasteiger partial charge on any atom is -0.497 e. The van der Waals surface area contributed by atoms with E-state index in [-0.39, 0.29) is 6.04 Å². The van der Waals surface area contributed by atoms with Gasteiger partial charge in [-0.1, -0.05) is 0 Å². The summed E-state index contributed by atoms with van der Waals surface area (Å²) >= 11 is 0. The molecule has 1 atom stereocenters. The Kier molecular flexibility index (Phi) is 2.42. The molecule has 0 fully saturated rings. The van der Waals surface area contributed by atoms with Crippen LogP contribution < -0.4 is 4.74 Å². The van der Waals surface area contributed by atoms with Crippen LogP contribution in [0.15, 0.2) is 30.5 Å². The Labute approximate surface area is 107 Å². The molecular weight excluding hydrogens is 212 g/mol. The van der Waals surface area contributed by atoms with Gasteiger partial charge in [-0.05, 0) is 45.2 Å². The highest BCUT2D eigenvalue weighted by Gasteiger charge is 2.08. The van der Waals surface area contributed by atoms with Crippen molar-refractivity contribution < 1.29 is 8.85 Å². The van der Waals surface area contributed by atoms with Crippen LogP contribution in [-0.4, -0.2) is 36.6 Å². The SMILES string of the molecule is [2H]C([2H])([2H])N(C)[C@H](C)Cn1ccc2cc(OC)ccc21. The van der Waals surface area contributed by atoms with Crippen LogP contribution in [0.2, 0.25) is 0 Å². The van der Waals surface area contributed by atoms with Gasteiger partial charge in [0.15, 0.2) is 0 Å². The summed E-state index contributed by atoms with van der Waals surface area (Å²) in [5.74, 6) is 0.822. The molecule has 0 aliphatic carbocycles. The van der Waals surface area contributed by atoms with Gasteiger partial charge >= 0.3 is 0 Å². The lowest BCUT2D eigenvalue weighted by Crippen LogP contribution is -2.28. The van der Waals surface area contributed by atoms with E-state index < -0.39 is 6.98 Å². The second-order valence-electron chi connectivity index (χ2n) is 4.35. The molecule has 1 aromatic heterocycles. The highest BCUT2D eigenvalue weighted by molar-refractivity contribution is 5.81. The van der Waals surface area contributed by atoms with Crippen LogP contribution in [-0.2, 0) is 6.54 Å². The molecule has 0 aliphatic heterocycles. The summed E-state index contributed by atoms with van der Waals surface area (Å²) in [6.07, 6.45) is 1.98. The Bertz CT molecular complexity index is 592. The van der Waals surface area contributed by atoms with Crippen molar-refractivity contribution >= 4 is 10.9 Å². The van der Waals surface area contributed by atoms with Gasteiger partial charge in [0.25, 0.3) is 0 Å². The molecule has 2 aromatic rings. The fraction of sp³-hybridized carbons (Fsp3) is 0.429. The number of aromatic nitrogens is 1. The van der Waals surface area contributed by atoms with Crippen molar-refractivity contribution in [3.8, 4) is 5.75 Å². The Hall–Kier alpha value is -1.48. The van der Waals surface area contributed by atoms with Crippen molar-refractivity contribution in [2.24, 2.45) is 0 Å². The van der Waals surface area contributed by atoms with E-state index in [0.29, 0.717) is 6.54 Å². The molecule has 0 saturated heterocycles.